The quantitative estimate of drug-likeness (QED) is 0.498. The first kappa shape index (κ1) is 19.8. The maximum atomic E-state index is 12.6. The average Bonchev–Trinajstić information content (AvgIpc) is 2.65. The van der Waals surface area contributed by atoms with Gasteiger partial charge in [-0.3, -0.25) is 14.9 Å². The standard InChI is InChI=1S/C10H12FNOS.C7H6N2O3/c11-9-1-3-10(4-2-9)14-12-5-7-13-8-6-12;8-7(10)5-1-3-6(4-2-5)9(11)12/h1-4H,5-8H2;1-4H,(H2,8,10). The number of hydrogen-bond donors (Lipinski definition) is 1. The van der Waals surface area contributed by atoms with Crippen molar-refractivity contribution in [2.24, 2.45) is 5.73 Å². The molecule has 1 aliphatic heterocycles. The number of primary amides is 1. The first-order valence-electron chi connectivity index (χ1n) is 7.76. The van der Waals surface area contributed by atoms with Gasteiger partial charge in [-0.05, 0) is 48.3 Å². The first-order valence-corrected chi connectivity index (χ1v) is 8.53. The van der Waals surface area contributed by atoms with Crippen LogP contribution in [0.15, 0.2) is 53.4 Å². The SMILES string of the molecule is Fc1ccc(SN2CCOCC2)cc1.NC(=O)c1ccc([N+](=O)[O-])cc1. The van der Waals surface area contributed by atoms with Crippen molar-refractivity contribution in [3.8, 4) is 0 Å². The summed E-state index contributed by atoms with van der Waals surface area (Å²) in [7, 11) is 0. The van der Waals surface area contributed by atoms with Crippen molar-refractivity contribution < 1.29 is 18.8 Å². The monoisotopic (exact) mass is 379 g/mol. The van der Waals surface area contributed by atoms with Crippen molar-refractivity contribution in [1.29, 1.82) is 0 Å². The number of nitro benzene ring substituents is 1. The van der Waals surface area contributed by atoms with E-state index in [-0.39, 0.29) is 17.1 Å². The topological polar surface area (TPSA) is 98.7 Å². The summed E-state index contributed by atoms with van der Waals surface area (Å²) in [6.07, 6.45) is 0. The second-order valence-electron chi connectivity index (χ2n) is 5.25. The normalized spacial score (nSPS) is 14.2. The highest BCUT2D eigenvalue weighted by Crippen LogP contribution is 2.23. The minimum absolute atomic E-state index is 0.0556. The molecular weight excluding hydrogens is 361 g/mol. The van der Waals surface area contributed by atoms with Crippen LogP contribution in [0, 0.1) is 15.9 Å². The van der Waals surface area contributed by atoms with E-state index in [9.17, 15) is 19.3 Å². The Kier molecular flexibility index (Phi) is 7.52. The van der Waals surface area contributed by atoms with Crippen molar-refractivity contribution >= 4 is 23.5 Å². The lowest BCUT2D eigenvalue weighted by molar-refractivity contribution is -0.384. The third-order valence-corrected chi connectivity index (χ3v) is 4.49. The van der Waals surface area contributed by atoms with E-state index in [1.165, 1.54) is 36.4 Å². The maximum Gasteiger partial charge on any atom is 0.269 e. The molecule has 2 aromatic rings. The Balaban J connectivity index is 0.000000190. The number of morpholine rings is 1. The van der Waals surface area contributed by atoms with E-state index in [1.807, 2.05) is 0 Å². The number of ether oxygens (including phenoxy) is 1. The Morgan fingerprint density at radius 3 is 2.19 bits per heavy atom. The molecule has 1 aliphatic rings. The van der Waals surface area contributed by atoms with E-state index < -0.39 is 10.8 Å². The lowest BCUT2D eigenvalue weighted by Crippen LogP contribution is -2.30. The number of nitrogens with zero attached hydrogens (tertiary/aromatic N) is 2. The lowest BCUT2D eigenvalue weighted by Gasteiger charge is -2.25. The van der Waals surface area contributed by atoms with Gasteiger partial charge in [0, 0.05) is 35.7 Å². The molecule has 1 saturated heterocycles. The van der Waals surface area contributed by atoms with Crippen LogP contribution in [0.2, 0.25) is 0 Å². The third kappa shape index (κ3) is 6.43. The number of rotatable bonds is 4. The fourth-order valence-electron chi connectivity index (χ4n) is 2.03. The van der Waals surface area contributed by atoms with Crippen LogP contribution in [0.25, 0.3) is 0 Å². The Labute approximate surface area is 154 Å². The predicted octanol–water partition coefficient (Wildman–Crippen LogP) is 2.86. The number of benzene rings is 2. The second-order valence-corrected chi connectivity index (χ2v) is 6.43. The van der Waals surface area contributed by atoms with Gasteiger partial charge in [-0.2, -0.15) is 0 Å². The minimum atomic E-state index is -0.593. The summed E-state index contributed by atoms with van der Waals surface area (Å²) in [6.45, 7) is 3.44. The smallest absolute Gasteiger partial charge is 0.269 e. The Bertz CT molecular complexity index is 702. The summed E-state index contributed by atoms with van der Waals surface area (Å²) in [5.74, 6) is -0.777. The van der Waals surface area contributed by atoms with E-state index in [0.29, 0.717) is 0 Å². The molecule has 26 heavy (non-hydrogen) atoms. The lowest BCUT2D eigenvalue weighted by atomic mass is 10.2. The van der Waals surface area contributed by atoms with Crippen molar-refractivity contribution in [2.75, 3.05) is 26.3 Å². The molecule has 9 heteroatoms. The third-order valence-electron chi connectivity index (χ3n) is 3.38. The number of hydrogen-bond acceptors (Lipinski definition) is 6. The molecule has 0 atom stereocenters. The minimum Gasteiger partial charge on any atom is -0.379 e. The summed E-state index contributed by atoms with van der Waals surface area (Å²) < 4.78 is 20.1. The summed E-state index contributed by atoms with van der Waals surface area (Å²) in [4.78, 5) is 21.2. The highest BCUT2D eigenvalue weighted by atomic mass is 32.2. The highest BCUT2D eigenvalue weighted by molar-refractivity contribution is 7.97. The van der Waals surface area contributed by atoms with E-state index in [4.69, 9.17) is 10.5 Å². The van der Waals surface area contributed by atoms with Crippen LogP contribution >= 0.6 is 11.9 Å². The fourth-order valence-corrected chi connectivity index (χ4v) is 2.92. The van der Waals surface area contributed by atoms with Crippen molar-refractivity contribution in [2.45, 2.75) is 4.90 Å². The van der Waals surface area contributed by atoms with Crippen LogP contribution in [-0.4, -0.2) is 41.4 Å². The maximum absolute atomic E-state index is 12.6. The van der Waals surface area contributed by atoms with Gasteiger partial charge in [0.05, 0.1) is 18.1 Å². The number of nitro groups is 1. The van der Waals surface area contributed by atoms with E-state index in [2.05, 4.69) is 4.31 Å². The molecule has 1 fully saturated rings. The molecule has 1 heterocycles. The van der Waals surface area contributed by atoms with Crippen LogP contribution in [0.4, 0.5) is 10.1 Å². The molecule has 2 N–H and O–H groups in total. The van der Waals surface area contributed by atoms with Crippen LogP contribution in [0.5, 0.6) is 0 Å². The van der Waals surface area contributed by atoms with Crippen LogP contribution in [-0.2, 0) is 4.74 Å². The van der Waals surface area contributed by atoms with Crippen molar-refractivity contribution in [3.63, 3.8) is 0 Å². The molecule has 0 saturated carbocycles. The summed E-state index contributed by atoms with van der Waals surface area (Å²) in [6, 6.07) is 11.7. The molecule has 0 aromatic heterocycles. The van der Waals surface area contributed by atoms with Crippen LogP contribution in [0.3, 0.4) is 0 Å². The zero-order valence-electron chi connectivity index (χ0n) is 13.8. The Morgan fingerprint density at radius 2 is 1.69 bits per heavy atom. The molecule has 3 rings (SSSR count). The molecule has 0 unspecified atom stereocenters. The Morgan fingerprint density at radius 1 is 1.12 bits per heavy atom. The van der Waals surface area contributed by atoms with Gasteiger partial charge in [0.1, 0.15) is 5.82 Å². The summed E-state index contributed by atoms with van der Waals surface area (Å²) in [5, 5.41) is 10.2. The molecule has 138 valence electrons. The number of non-ortho nitro benzene ring substituents is 1. The molecule has 0 aliphatic carbocycles. The van der Waals surface area contributed by atoms with Gasteiger partial charge in [-0.1, -0.05) is 0 Å². The van der Waals surface area contributed by atoms with E-state index in [0.717, 1.165) is 31.2 Å². The molecule has 0 radical (unpaired) electrons. The zero-order valence-corrected chi connectivity index (χ0v) is 14.7. The van der Waals surface area contributed by atoms with E-state index in [1.54, 1.807) is 24.1 Å². The highest BCUT2D eigenvalue weighted by Gasteiger charge is 2.11. The van der Waals surface area contributed by atoms with Gasteiger partial charge in [-0.15, -0.1) is 0 Å². The predicted molar refractivity (Wildman–Crippen MR) is 96.3 cm³/mol. The van der Waals surface area contributed by atoms with Gasteiger partial charge in [-0.25, -0.2) is 8.70 Å². The summed E-state index contributed by atoms with van der Waals surface area (Å²) >= 11 is 1.66. The first-order chi connectivity index (χ1) is 12.5. The van der Waals surface area contributed by atoms with Crippen LogP contribution < -0.4 is 5.73 Å². The molecule has 7 nitrogen and oxygen atoms in total. The van der Waals surface area contributed by atoms with Gasteiger partial charge in [0.15, 0.2) is 0 Å². The zero-order chi connectivity index (χ0) is 18.9. The number of amides is 1. The molecule has 1 amide bonds. The van der Waals surface area contributed by atoms with E-state index >= 15 is 0 Å². The van der Waals surface area contributed by atoms with Gasteiger partial charge < -0.3 is 10.5 Å². The second kappa shape index (κ2) is 9.85. The molecule has 2 aromatic carbocycles. The Hall–Kier alpha value is -2.49. The van der Waals surface area contributed by atoms with Crippen molar-refractivity contribution in [3.05, 3.63) is 70.0 Å². The molecular formula is C17H18FN3O4S. The number of carbonyl (C=O) groups is 1. The van der Waals surface area contributed by atoms with Crippen molar-refractivity contribution in [1.82, 2.24) is 4.31 Å². The van der Waals surface area contributed by atoms with Gasteiger partial charge in [0.25, 0.3) is 5.69 Å². The number of halogens is 1. The van der Waals surface area contributed by atoms with Crippen LogP contribution in [0.1, 0.15) is 10.4 Å². The van der Waals surface area contributed by atoms with Gasteiger partial charge >= 0.3 is 0 Å². The number of nitrogens with two attached hydrogens (primary N) is 1. The largest absolute Gasteiger partial charge is 0.379 e. The fraction of sp³-hybridized carbons (Fsp3) is 0.235. The number of carbonyl (C=O) groups excluding carboxylic acids is 1. The molecule has 0 spiro atoms. The summed E-state index contributed by atoms with van der Waals surface area (Å²) in [5.41, 5.74) is 5.14. The molecule has 0 bridgehead atoms. The van der Waals surface area contributed by atoms with Gasteiger partial charge in [0.2, 0.25) is 5.91 Å². The average molecular weight is 379 g/mol.